The summed E-state index contributed by atoms with van der Waals surface area (Å²) in [6.07, 6.45) is 0. The number of aryl methyl sites for hydroxylation is 2. The van der Waals surface area contributed by atoms with Crippen molar-refractivity contribution in [3.8, 4) is 0 Å². The number of fused-ring (bicyclic) bond motifs is 1. The Morgan fingerprint density at radius 2 is 1.92 bits per heavy atom. The molecule has 1 aromatic heterocycles. The van der Waals surface area contributed by atoms with Gasteiger partial charge in [-0.25, -0.2) is 4.79 Å². The van der Waals surface area contributed by atoms with Crippen molar-refractivity contribution in [2.24, 2.45) is 0 Å². The molecule has 0 saturated carbocycles. The lowest BCUT2D eigenvalue weighted by Crippen LogP contribution is -2.31. The molecule has 3 rings (SSSR count). The molecule has 0 aliphatic rings. The number of carbonyl (C=O) groups is 2. The number of amides is 1. The van der Waals surface area contributed by atoms with Crippen molar-refractivity contribution in [2.75, 3.05) is 6.61 Å². The van der Waals surface area contributed by atoms with E-state index in [1.165, 1.54) is 11.1 Å². The standard InChI is InChI=1S/C20H21N3O3/c1-12-8-9-15(10-13(12)2)14(3)21-18(24)11-26-20(25)19-16-6-4-5-7-17(16)22-23-19/h4-10,14H,11H2,1-3H3,(H,21,24)(H,22,23)/t14-/m1/s1. The van der Waals surface area contributed by atoms with E-state index in [0.29, 0.717) is 5.39 Å². The first-order chi connectivity index (χ1) is 12.5. The maximum Gasteiger partial charge on any atom is 0.359 e. The maximum atomic E-state index is 12.2. The summed E-state index contributed by atoms with van der Waals surface area (Å²) in [4.78, 5) is 24.3. The number of aromatic nitrogens is 2. The highest BCUT2D eigenvalue weighted by molar-refractivity contribution is 6.02. The molecule has 3 aromatic rings. The van der Waals surface area contributed by atoms with E-state index in [0.717, 1.165) is 11.1 Å². The molecule has 0 aliphatic heterocycles. The fraction of sp³-hybridized carbons (Fsp3) is 0.250. The van der Waals surface area contributed by atoms with Crippen LogP contribution < -0.4 is 5.32 Å². The number of para-hydroxylation sites is 1. The molecule has 2 N–H and O–H groups in total. The number of hydrogen-bond donors (Lipinski definition) is 2. The van der Waals surface area contributed by atoms with Crippen LogP contribution in [0.2, 0.25) is 0 Å². The monoisotopic (exact) mass is 351 g/mol. The second kappa shape index (κ2) is 7.39. The summed E-state index contributed by atoms with van der Waals surface area (Å²) < 4.78 is 5.10. The second-order valence-electron chi connectivity index (χ2n) is 6.33. The van der Waals surface area contributed by atoms with Gasteiger partial charge in [0.15, 0.2) is 12.3 Å². The molecule has 0 bridgehead atoms. The molecular formula is C20H21N3O3. The van der Waals surface area contributed by atoms with Gasteiger partial charge < -0.3 is 10.1 Å². The van der Waals surface area contributed by atoms with Crippen molar-refractivity contribution < 1.29 is 14.3 Å². The molecule has 6 nitrogen and oxygen atoms in total. The van der Waals surface area contributed by atoms with Crippen LogP contribution in [0.1, 0.15) is 40.1 Å². The maximum absolute atomic E-state index is 12.2. The molecule has 0 unspecified atom stereocenters. The first-order valence-electron chi connectivity index (χ1n) is 8.42. The number of ether oxygens (including phenoxy) is 1. The highest BCUT2D eigenvalue weighted by atomic mass is 16.5. The minimum atomic E-state index is -0.628. The number of esters is 1. The van der Waals surface area contributed by atoms with Crippen LogP contribution in [0.25, 0.3) is 10.9 Å². The minimum Gasteiger partial charge on any atom is -0.451 e. The van der Waals surface area contributed by atoms with E-state index in [1.807, 2.05) is 57.2 Å². The predicted octanol–water partition coefficient (Wildman–Crippen LogP) is 3.21. The zero-order valence-corrected chi connectivity index (χ0v) is 15.0. The van der Waals surface area contributed by atoms with Gasteiger partial charge in [-0.2, -0.15) is 5.10 Å². The van der Waals surface area contributed by atoms with E-state index >= 15 is 0 Å². The number of rotatable bonds is 5. The van der Waals surface area contributed by atoms with Crippen molar-refractivity contribution >= 4 is 22.8 Å². The van der Waals surface area contributed by atoms with Gasteiger partial charge in [-0.3, -0.25) is 9.89 Å². The smallest absolute Gasteiger partial charge is 0.359 e. The quantitative estimate of drug-likeness (QED) is 0.691. The van der Waals surface area contributed by atoms with Gasteiger partial charge in [0.1, 0.15) is 0 Å². The average molecular weight is 351 g/mol. The van der Waals surface area contributed by atoms with Crippen LogP contribution in [-0.4, -0.2) is 28.7 Å². The van der Waals surface area contributed by atoms with Crippen LogP contribution >= 0.6 is 0 Å². The molecular weight excluding hydrogens is 330 g/mol. The molecule has 0 fully saturated rings. The molecule has 2 aromatic carbocycles. The lowest BCUT2D eigenvalue weighted by Gasteiger charge is -2.15. The number of benzene rings is 2. The lowest BCUT2D eigenvalue weighted by molar-refractivity contribution is -0.124. The Morgan fingerprint density at radius 3 is 2.69 bits per heavy atom. The lowest BCUT2D eigenvalue weighted by atomic mass is 10.0. The predicted molar refractivity (Wildman–Crippen MR) is 98.8 cm³/mol. The molecule has 0 saturated heterocycles. The van der Waals surface area contributed by atoms with Crippen LogP contribution in [0, 0.1) is 13.8 Å². The van der Waals surface area contributed by atoms with Gasteiger partial charge in [0.2, 0.25) is 0 Å². The number of nitrogens with one attached hydrogen (secondary N) is 2. The summed E-state index contributed by atoms with van der Waals surface area (Å²) in [5, 5.41) is 10.2. The minimum absolute atomic E-state index is 0.174. The second-order valence-corrected chi connectivity index (χ2v) is 6.33. The summed E-state index contributed by atoms with van der Waals surface area (Å²) in [5.41, 5.74) is 4.29. The number of H-pyrrole nitrogens is 1. The van der Waals surface area contributed by atoms with Crippen LogP contribution in [-0.2, 0) is 9.53 Å². The number of hydrogen-bond acceptors (Lipinski definition) is 4. The Bertz CT molecular complexity index is 962. The van der Waals surface area contributed by atoms with Gasteiger partial charge in [-0.1, -0.05) is 36.4 Å². The van der Waals surface area contributed by atoms with Crippen LogP contribution in [0.4, 0.5) is 0 Å². The van der Waals surface area contributed by atoms with E-state index in [-0.39, 0.29) is 24.2 Å². The zero-order chi connectivity index (χ0) is 18.7. The zero-order valence-electron chi connectivity index (χ0n) is 15.0. The van der Waals surface area contributed by atoms with E-state index in [4.69, 9.17) is 4.74 Å². The summed E-state index contributed by atoms with van der Waals surface area (Å²) >= 11 is 0. The van der Waals surface area contributed by atoms with E-state index in [9.17, 15) is 9.59 Å². The largest absolute Gasteiger partial charge is 0.451 e. The molecule has 1 heterocycles. The summed E-state index contributed by atoms with van der Waals surface area (Å²) in [6.45, 7) is 5.62. The SMILES string of the molecule is Cc1ccc([C@@H](C)NC(=O)COC(=O)c2n[nH]c3ccccc23)cc1C. The normalized spacial score (nSPS) is 12.0. The van der Waals surface area contributed by atoms with Crippen molar-refractivity contribution in [3.63, 3.8) is 0 Å². The van der Waals surface area contributed by atoms with E-state index < -0.39 is 5.97 Å². The Kier molecular flexibility index (Phi) is 5.02. The topological polar surface area (TPSA) is 84.1 Å². The third-order valence-electron chi connectivity index (χ3n) is 4.41. The van der Waals surface area contributed by atoms with Gasteiger partial charge in [0.25, 0.3) is 5.91 Å². The number of aromatic amines is 1. The molecule has 0 radical (unpaired) electrons. The Labute approximate surface area is 151 Å². The van der Waals surface area contributed by atoms with Gasteiger partial charge in [0, 0.05) is 5.39 Å². The molecule has 1 atom stereocenters. The third kappa shape index (κ3) is 3.74. The molecule has 1 amide bonds. The van der Waals surface area contributed by atoms with Crippen molar-refractivity contribution in [3.05, 3.63) is 64.8 Å². The van der Waals surface area contributed by atoms with Gasteiger partial charge >= 0.3 is 5.97 Å². The Balaban J connectivity index is 1.58. The third-order valence-corrected chi connectivity index (χ3v) is 4.41. The highest BCUT2D eigenvalue weighted by Gasteiger charge is 2.17. The van der Waals surface area contributed by atoms with Gasteiger partial charge in [0.05, 0.1) is 11.6 Å². The first-order valence-corrected chi connectivity index (χ1v) is 8.42. The number of nitrogens with zero attached hydrogens (tertiary/aromatic N) is 1. The fourth-order valence-corrected chi connectivity index (χ4v) is 2.72. The van der Waals surface area contributed by atoms with Crippen molar-refractivity contribution in [1.29, 1.82) is 0 Å². The molecule has 134 valence electrons. The Hall–Kier alpha value is -3.15. The van der Waals surface area contributed by atoms with Gasteiger partial charge in [-0.05, 0) is 43.5 Å². The molecule has 0 aliphatic carbocycles. The van der Waals surface area contributed by atoms with Crippen LogP contribution in [0.15, 0.2) is 42.5 Å². The van der Waals surface area contributed by atoms with Crippen LogP contribution in [0.5, 0.6) is 0 Å². The molecule has 6 heteroatoms. The fourth-order valence-electron chi connectivity index (χ4n) is 2.72. The van der Waals surface area contributed by atoms with Crippen molar-refractivity contribution in [1.82, 2.24) is 15.5 Å². The highest BCUT2D eigenvalue weighted by Crippen LogP contribution is 2.17. The van der Waals surface area contributed by atoms with Crippen molar-refractivity contribution in [2.45, 2.75) is 26.8 Å². The number of carbonyl (C=O) groups excluding carboxylic acids is 2. The Morgan fingerprint density at radius 1 is 1.15 bits per heavy atom. The van der Waals surface area contributed by atoms with E-state index in [1.54, 1.807) is 6.07 Å². The van der Waals surface area contributed by atoms with Gasteiger partial charge in [-0.15, -0.1) is 0 Å². The summed E-state index contributed by atoms with van der Waals surface area (Å²) in [7, 11) is 0. The molecule has 26 heavy (non-hydrogen) atoms. The van der Waals surface area contributed by atoms with Crippen LogP contribution in [0.3, 0.4) is 0 Å². The van der Waals surface area contributed by atoms with E-state index in [2.05, 4.69) is 15.5 Å². The average Bonchev–Trinajstić information content (AvgIpc) is 3.06. The molecule has 0 spiro atoms. The first kappa shape index (κ1) is 17.7. The summed E-state index contributed by atoms with van der Waals surface area (Å²) in [5.74, 6) is -0.986. The summed E-state index contributed by atoms with van der Waals surface area (Å²) in [6, 6.07) is 13.1.